The van der Waals surface area contributed by atoms with Gasteiger partial charge in [-0.25, -0.2) is 0 Å². The van der Waals surface area contributed by atoms with Gasteiger partial charge in [-0.2, -0.15) is 23.3 Å². The van der Waals surface area contributed by atoms with Crippen molar-refractivity contribution in [2.24, 2.45) is 5.10 Å². The molecule has 0 atom stereocenters. The van der Waals surface area contributed by atoms with Gasteiger partial charge in [0.15, 0.2) is 5.71 Å². The van der Waals surface area contributed by atoms with Crippen LogP contribution in [0.5, 0.6) is 0 Å². The van der Waals surface area contributed by atoms with E-state index in [0.717, 1.165) is 23.8 Å². The smallest absolute Gasteiger partial charge is 0.435 e. The number of carbonyl (C=O) groups is 2. The van der Waals surface area contributed by atoms with Gasteiger partial charge in [0.25, 0.3) is 5.91 Å². The summed E-state index contributed by atoms with van der Waals surface area (Å²) in [4.78, 5) is 23.3. The number of nitrogens with zero attached hydrogens (tertiary/aromatic N) is 2. The number of aromatic carboxylic acids is 1. The van der Waals surface area contributed by atoms with Gasteiger partial charge in [0.2, 0.25) is 0 Å². The molecule has 8 heteroatoms. The van der Waals surface area contributed by atoms with Gasteiger partial charge in [0.05, 0.1) is 17.2 Å². The van der Waals surface area contributed by atoms with Crippen molar-refractivity contribution in [3.8, 4) is 0 Å². The average Bonchev–Trinajstić information content (AvgIpc) is 3.00. The standard InChI is InChI=1S/C20H13F3N2O3/c21-20(22,23)17-16(8-4-7-13-5-2-1-3-6-13)18(26)25(24-17)15-11-9-14(10-12-15)19(27)28/h1-12H,(H,27,28)/p-1/b7-4+,16-8-. The van der Waals surface area contributed by atoms with Crippen LogP contribution in [-0.2, 0) is 4.79 Å². The van der Waals surface area contributed by atoms with E-state index in [0.29, 0.717) is 5.01 Å². The summed E-state index contributed by atoms with van der Waals surface area (Å²) in [5, 5.41) is 14.8. The van der Waals surface area contributed by atoms with Crippen LogP contribution in [0.4, 0.5) is 18.9 Å². The number of anilines is 1. The monoisotopic (exact) mass is 385 g/mol. The number of hydrogen-bond acceptors (Lipinski definition) is 4. The summed E-state index contributed by atoms with van der Waals surface area (Å²) in [6.07, 6.45) is -0.878. The zero-order chi connectivity index (χ0) is 20.3. The van der Waals surface area contributed by atoms with Crippen LogP contribution in [0, 0.1) is 0 Å². The van der Waals surface area contributed by atoms with E-state index in [2.05, 4.69) is 5.10 Å². The van der Waals surface area contributed by atoms with Crippen molar-refractivity contribution < 1.29 is 27.9 Å². The first-order valence-electron chi connectivity index (χ1n) is 8.03. The number of alkyl halides is 3. The van der Waals surface area contributed by atoms with Crippen LogP contribution in [0.25, 0.3) is 6.08 Å². The number of carbonyl (C=O) groups excluding carboxylic acids is 2. The fraction of sp³-hybridized carbons (Fsp3) is 0.0500. The number of rotatable bonds is 4. The Kier molecular flexibility index (Phi) is 5.12. The minimum Gasteiger partial charge on any atom is -0.545 e. The van der Waals surface area contributed by atoms with Crippen molar-refractivity contribution in [1.29, 1.82) is 0 Å². The normalized spacial score (nSPS) is 16.1. The maximum Gasteiger partial charge on any atom is 0.435 e. The molecule has 0 fully saturated rings. The molecule has 0 unspecified atom stereocenters. The minimum absolute atomic E-state index is 0.00666. The zero-order valence-corrected chi connectivity index (χ0v) is 14.2. The van der Waals surface area contributed by atoms with Crippen LogP contribution in [0.1, 0.15) is 15.9 Å². The maximum atomic E-state index is 13.3. The Balaban J connectivity index is 1.94. The molecule has 142 valence electrons. The number of carboxylic acid groups (broad SMARTS) is 1. The second kappa shape index (κ2) is 7.51. The molecule has 0 saturated heterocycles. The highest BCUT2D eigenvalue weighted by atomic mass is 19.4. The van der Waals surface area contributed by atoms with Crippen LogP contribution in [0.3, 0.4) is 0 Å². The molecular weight excluding hydrogens is 373 g/mol. The lowest BCUT2D eigenvalue weighted by Gasteiger charge is -2.12. The lowest BCUT2D eigenvalue weighted by atomic mass is 10.1. The Hall–Kier alpha value is -3.68. The topological polar surface area (TPSA) is 72.8 Å². The quantitative estimate of drug-likeness (QED) is 0.760. The highest BCUT2D eigenvalue weighted by Crippen LogP contribution is 2.31. The highest BCUT2D eigenvalue weighted by Gasteiger charge is 2.46. The largest absolute Gasteiger partial charge is 0.545 e. The molecule has 1 amide bonds. The number of benzene rings is 2. The molecule has 0 bridgehead atoms. The molecule has 1 aliphatic rings. The first-order valence-corrected chi connectivity index (χ1v) is 8.03. The Morgan fingerprint density at radius 2 is 1.68 bits per heavy atom. The van der Waals surface area contributed by atoms with Crippen molar-refractivity contribution in [3.05, 3.63) is 83.4 Å². The van der Waals surface area contributed by atoms with Crippen LogP contribution < -0.4 is 10.1 Å². The van der Waals surface area contributed by atoms with E-state index < -0.39 is 29.3 Å². The third-order valence-electron chi connectivity index (χ3n) is 3.85. The first kappa shape index (κ1) is 19.1. The van der Waals surface area contributed by atoms with Gasteiger partial charge in [-0.05, 0) is 29.3 Å². The molecule has 0 radical (unpaired) electrons. The molecule has 0 aromatic heterocycles. The maximum absolute atomic E-state index is 13.3. The minimum atomic E-state index is -4.83. The average molecular weight is 385 g/mol. The summed E-state index contributed by atoms with van der Waals surface area (Å²) in [5.41, 5.74) is -1.34. The summed E-state index contributed by atoms with van der Waals surface area (Å²) < 4.78 is 40.0. The first-order chi connectivity index (χ1) is 13.3. The molecule has 3 rings (SSSR count). The van der Waals surface area contributed by atoms with Gasteiger partial charge in [-0.1, -0.05) is 54.6 Å². The Labute approximate surface area is 157 Å². The summed E-state index contributed by atoms with van der Waals surface area (Å²) in [7, 11) is 0. The van der Waals surface area contributed by atoms with Gasteiger partial charge < -0.3 is 9.90 Å². The van der Waals surface area contributed by atoms with E-state index in [1.807, 2.05) is 0 Å². The lowest BCUT2D eigenvalue weighted by Crippen LogP contribution is -2.25. The predicted octanol–water partition coefficient (Wildman–Crippen LogP) is 2.95. The van der Waals surface area contributed by atoms with Crippen molar-refractivity contribution in [2.75, 3.05) is 5.01 Å². The zero-order valence-electron chi connectivity index (χ0n) is 14.2. The molecule has 0 aliphatic carbocycles. The highest BCUT2D eigenvalue weighted by molar-refractivity contribution is 6.32. The molecule has 1 heterocycles. The van der Waals surface area contributed by atoms with E-state index in [1.54, 1.807) is 36.4 Å². The van der Waals surface area contributed by atoms with Crippen LogP contribution in [-0.4, -0.2) is 23.8 Å². The molecule has 28 heavy (non-hydrogen) atoms. The third kappa shape index (κ3) is 4.01. The van der Waals surface area contributed by atoms with Gasteiger partial charge in [0, 0.05) is 0 Å². The van der Waals surface area contributed by atoms with Crippen molar-refractivity contribution in [3.63, 3.8) is 0 Å². The fourth-order valence-corrected chi connectivity index (χ4v) is 2.51. The van der Waals surface area contributed by atoms with Crippen molar-refractivity contribution in [2.45, 2.75) is 6.18 Å². The lowest BCUT2D eigenvalue weighted by molar-refractivity contribution is -0.255. The molecule has 2 aromatic rings. The van der Waals surface area contributed by atoms with E-state index >= 15 is 0 Å². The second-order valence-corrected chi connectivity index (χ2v) is 5.75. The van der Waals surface area contributed by atoms with E-state index in [-0.39, 0.29) is 11.3 Å². The molecule has 1 aliphatic heterocycles. The van der Waals surface area contributed by atoms with Crippen LogP contribution in [0.2, 0.25) is 0 Å². The van der Waals surface area contributed by atoms with Gasteiger partial charge in [0.1, 0.15) is 0 Å². The van der Waals surface area contributed by atoms with Crippen molar-refractivity contribution in [1.82, 2.24) is 0 Å². The fourth-order valence-electron chi connectivity index (χ4n) is 2.51. The van der Waals surface area contributed by atoms with Crippen LogP contribution >= 0.6 is 0 Å². The number of hydrogen-bond donors (Lipinski definition) is 0. The summed E-state index contributed by atoms with van der Waals surface area (Å²) >= 11 is 0. The van der Waals surface area contributed by atoms with Crippen LogP contribution in [0.15, 0.2) is 77.4 Å². The van der Waals surface area contributed by atoms with Gasteiger partial charge >= 0.3 is 6.18 Å². The summed E-state index contributed by atoms with van der Waals surface area (Å²) in [6.45, 7) is 0. The Morgan fingerprint density at radius 3 is 2.25 bits per heavy atom. The number of amides is 1. The third-order valence-corrected chi connectivity index (χ3v) is 3.85. The second-order valence-electron chi connectivity index (χ2n) is 5.75. The van der Waals surface area contributed by atoms with E-state index in [9.17, 15) is 27.9 Å². The number of allylic oxidation sites excluding steroid dienone is 2. The van der Waals surface area contributed by atoms with Gasteiger partial charge in [-0.3, -0.25) is 4.79 Å². The van der Waals surface area contributed by atoms with Gasteiger partial charge in [-0.15, -0.1) is 0 Å². The summed E-state index contributed by atoms with van der Waals surface area (Å²) in [6, 6.07) is 13.5. The van der Waals surface area contributed by atoms with Crippen molar-refractivity contribution >= 4 is 29.4 Å². The number of hydrazone groups is 1. The van der Waals surface area contributed by atoms with E-state index in [1.165, 1.54) is 18.2 Å². The van der Waals surface area contributed by atoms with E-state index in [4.69, 9.17) is 0 Å². The molecule has 0 saturated carbocycles. The molecule has 5 nitrogen and oxygen atoms in total. The molecule has 0 spiro atoms. The number of halogens is 3. The SMILES string of the molecule is O=C([O-])c1ccc(N2N=C(C(F)(F)F)/C(=C/C=C/c3ccccc3)C2=O)cc1. The Bertz CT molecular complexity index is 992. The number of carboxylic acids is 1. The molecule has 0 N–H and O–H groups in total. The molecule has 2 aromatic carbocycles. The molecular formula is C20H12F3N2O3-. The Morgan fingerprint density at radius 1 is 1.04 bits per heavy atom. The summed E-state index contributed by atoms with van der Waals surface area (Å²) in [5.74, 6) is -2.41. The predicted molar refractivity (Wildman–Crippen MR) is 95.3 cm³/mol.